The van der Waals surface area contributed by atoms with Crippen molar-refractivity contribution >= 4 is 0 Å². The van der Waals surface area contributed by atoms with E-state index in [9.17, 15) is 0 Å². The maximum Gasteiger partial charge on any atom is 0.0717 e. The van der Waals surface area contributed by atoms with Crippen LogP contribution in [-0.4, -0.2) is 12.2 Å². The summed E-state index contributed by atoms with van der Waals surface area (Å²) in [6.07, 6.45) is 3.68. The lowest BCUT2D eigenvalue weighted by molar-refractivity contribution is -0.124. The summed E-state index contributed by atoms with van der Waals surface area (Å²) in [6.45, 7) is 11.8. The van der Waals surface area contributed by atoms with E-state index in [0.717, 1.165) is 18.9 Å². The minimum absolute atomic E-state index is 0.119. The van der Waals surface area contributed by atoms with Crippen molar-refractivity contribution in [2.45, 2.75) is 45.6 Å². The highest BCUT2D eigenvalue weighted by Gasteiger charge is 2.55. The molecule has 1 saturated heterocycles. The van der Waals surface area contributed by atoms with Crippen molar-refractivity contribution in [3.63, 3.8) is 0 Å². The zero-order valence-corrected chi connectivity index (χ0v) is 9.02. The fourth-order valence-corrected chi connectivity index (χ4v) is 3.05. The molecule has 0 spiro atoms. The van der Waals surface area contributed by atoms with Crippen LogP contribution in [0.4, 0.5) is 0 Å². The molecule has 1 heteroatoms. The maximum atomic E-state index is 5.98. The summed E-state index contributed by atoms with van der Waals surface area (Å²) in [5.41, 5.74) is 1.73. The Balaban J connectivity index is 2.33. The standard InChI is InChI=1S/C12H20O/c1-9-7-11(3)10(2)5-6-12(11,4)13-8-9/h10H,1,5-8H2,2-4H3/t10?,11-,12-/m1/s1. The summed E-state index contributed by atoms with van der Waals surface area (Å²) in [4.78, 5) is 0. The largest absolute Gasteiger partial charge is 0.370 e. The summed E-state index contributed by atoms with van der Waals surface area (Å²) in [5.74, 6) is 0.773. The maximum absolute atomic E-state index is 5.98. The van der Waals surface area contributed by atoms with Gasteiger partial charge in [0.15, 0.2) is 0 Å². The van der Waals surface area contributed by atoms with Crippen LogP contribution in [0.1, 0.15) is 40.0 Å². The van der Waals surface area contributed by atoms with Crippen molar-refractivity contribution in [3.8, 4) is 0 Å². The van der Waals surface area contributed by atoms with Crippen molar-refractivity contribution in [2.24, 2.45) is 11.3 Å². The lowest BCUT2D eigenvalue weighted by atomic mass is 9.67. The quantitative estimate of drug-likeness (QED) is 0.520. The molecule has 0 aromatic rings. The molecule has 1 unspecified atom stereocenters. The summed E-state index contributed by atoms with van der Waals surface area (Å²) >= 11 is 0. The van der Waals surface area contributed by atoms with E-state index in [1.165, 1.54) is 18.4 Å². The third-order valence-electron chi connectivity index (χ3n) is 4.56. The average molecular weight is 180 g/mol. The Morgan fingerprint density at radius 1 is 1.46 bits per heavy atom. The van der Waals surface area contributed by atoms with Gasteiger partial charge >= 0.3 is 0 Å². The Bertz CT molecular complexity index is 246. The predicted octanol–water partition coefficient (Wildman–Crippen LogP) is 3.16. The van der Waals surface area contributed by atoms with Gasteiger partial charge in [-0.3, -0.25) is 0 Å². The molecule has 2 fully saturated rings. The average Bonchev–Trinajstić information content (AvgIpc) is 2.28. The molecule has 1 aliphatic heterocycles. The molecule has 3 atom stereocenters. The Kier molecular flexibility index (Phi) is 1.85. The van der Waals surface area contributed by atoms with Gasteiger partial charge in [-0.15, -0.1) is 0 Å². The molecule has 0 N–H and O–H groups in total. The van der Waals surface area contributed by atoms with E-state index in [0.29, 0.717) is 5.41 Å². The molecule has 0 aromatic heterocycles. The number of rotatable bonds is 0. The molecule has 74 valence electrons. The van der Waals surface area contributed by atoms with E-state index in [1.807, 2.05) is 0 Å². The lowest BCUT2D eigenvalue weighted by Gasteiger charge is -2.48. The summed E-state index contributed by atoms with van der Waals surface area (Å²) in [5, 5.41) is 0. The fraction of sp³-hybridized carbons (Fsp3) is 0.833. The van der Waals surface area contributed by atoms with E-state index in [-0.39, 0.29) is 5.60 Å². The Hall–Kier alpha value is -0.300. The number of fused-ring (bicyclic) bond motifs is 1. The zero-order chi connectivity index (χ0) is 9.69. The summed E-state index contributed by atoms with van der Waals surface area (Å²) in [6, 6.07) is 0. The molecule has 1 saturated carbocycles. The van der Waals surface area contributed by atoms with Gasteiger partial charge < -0.3 is 4.74 Å². The normalized spacial score (nSPS) is 50.7. The van der Waals surface area contributed by atoms with E-state index in [2.05, 4.69) is 27.4 Å². The van der Waals surface area contributed by atoms with Crippen LogP contribution in [-0.2, 0) is 4.74 Å². The Morgan fingerprint density at radius 3 is 2.85 bits per heavy atom. The highest BCUT2D eigenvalue weighted by atomic mass is 16.5. The highest BCUT2D eigenvalue weighted by Crippen LogP contribution is 2.57. The highest BCUT2D eigenvalue weighted by molar-refractivity contribution is 5.14. The van der Waals surface area contributed by atoms with Crippen LogP contribution in [0, 0.1) is 11.3 Å². The minimum atomic E-state index is 0.119. The lowest BCUT2D eigenvalue weighted by Crippen LogP contribution is -2.48. The van der Waals surface area contributed by atoms with Gasteiger partial charge in [0, 0.05) is 5.41 Å². The fourth-order valence-electron chi connectivity index (χ4n) is 3.05. The van der Waals surface area contributed by atoms with Crippen LogP contribution >= 0.6 is 0 Å². The van der Waals surface area contributed by atoms with Gasteiger partial charge in [0.2, 0.25) is 0 Å². The van der Waals surface area contributed by atoms with Crippen molar-refractivity contribution in [1.29, 1.82) is 0 Å². The molecule has 1 nitrogen and oxygen atoms in total. The first-order chi connectivity index (χ1) is 5.98. The monoisotopic (exact) mass is 180 g/mol. The van der Waals surface area contributed by atoms with Crippen molar-refractivity contribution in [1.82, 2.24) is 0 Å². The molecule has 0 aromatic carbocycles. The topological polar surface area (TPSA) is 9.23 Å². The van der Waals surface area contributed by atoms with Crippen LogP contribution in [0.3, 0.4) is 0 Å². The Labute approximate surface area is 81.2 Å². The molecular weight excluding hydrogens is 160 g/mol. The Morgan fingerprint density at radius 2 is 2.15 bits per heavy atom. The molecule has 2 rings (SSSR count). The third-order valence-corrected chi connectivity index (χ3v) is 4.56. The molecule has 13 heavy (non-hydrogen) atoms. The number of ether oxygens (including phenoxy) is 1. The first kappa shape index (κ1) is 9.26. The second-order valence-corrected chi connectivity index (χ2v) is 5.30. The molecule has 1 heterocycles. The first-order valence-corrected chi connectivity index (χ1v) is 5.28. The summed E-state index contributed by atoms with van der Waals surface area (Å²) < 4.78 is 5.98. The van der Waals surface area contributed by atoms with E-state index in [1.54, 1.807) is 0 Å². The van der Waals surface area contributed by atoms with Gasteiger partial charge in [-0.1, -0.05) is 26.0 Å². The zero-order valence-electron chi connectivity index (χ0n) is 9.02. The van der Waals surface area contributed by atoms with Crippen LogP contribution in [0.25, 0.3) is 0 Å². The number of hydrogen-bond donors (Lipinski definition) is 0. The second-order valence-electron chi connectivity index (χ2n) is 5.30. The van der Waals surface area contributed by atoms with Crippen LogP contribution < -0.4 is 0 Å². The van der Waals surface area contributed by atoms with E-state index in [4.69, 9.17) is 4.74 Å². The van der Waals surface area contributed by atoms with Gasteiger partial charge in [0.1, 0.15) is 0 Å². The van der Waals surface area contributed by atoms with Crippen molar-refractivity contribution in [2.75, 3.05) is 6.61 Å². The van der Waals surface area contributed by atoms with Crippen LogP contribution in [0.15, 0.2) is 12.2 Å². The predicted molar refractivity (Wildman–Crippen MR) is 54.6 cm³/mol. The van der Waals surface area contributed by atoms with Gasteiger partial charge in [-0.2, -0.15) is 0 Å². The first-order valence-electron chi connectivity index (χ1n) is 5.28. The molecule has 2 aliphatic rings. The van der Waals surface area contributed by atoms with Crippen LogP contribution in [0.2, 0.25) is 0 Å². The van der Waals surface area contributed by atoms with Gasteiger partial charge in [0.05, 0.1) is 12.2 Å². The molecular formula is C12H20O. The van der Waals surface area contributed by atoms with E-state index < -0.39 is 0 Å². The molecule has 0 amide bonds. The number of hydrogen-bond acceptors (Lipinski definition) is 1. The minimum Gasteiger partial charge on any atom is -0.370 e. The molecule has 1 aliphatic carbocycles. The van der Waals surface area contributed by atoms with Gasteiger partial charge in [-0.25, -0.2) is 0 Å². The van der Waals surface area contributed by atoms with Crippen molar-refractivity contribution < 1.29 is 4.74 Å². The third kappa shape index (κ3) is 1.10. The van der Waals surface area contributed by atoms with Gasteiger partial charge in [0.25, 0.3) is 0 Å². The molecule has 0 radical (unpaired) electrons. The second kappa shape index (κ2) is 2.60. The van der Waals surface area contributed by atoms with Gasteiger partial charge in [-0.05, 0) is 32.1 Å². The molecule has 0 bridgehead atoms. The van der Waals surface area contributed by atoms with Crippen molar-refractivity contribution in [3.05, 3.63) is 12.2 Å². The van der Waals surface area contributed by atoms with Crippen LogP contribution in [0.5, 0.6) is 0 Å². The SMILES string of the molecule is C=C1CO[C@]2(C)CCC(C)[C@@]2(C)C1. The smallest absolute Gasteiger partial charge is 0.0717 e. The van der Waals surface area contributed by atoms with E-state index >= 15 is 0 Å². The summed E-state index contributed by atoms with van der Waals surface area (Å²) in [7, 11) is 0.